The third-order valence-electron chi connectivity index (χ3n) is 4.31. The van der Waals surface area contributed by atoms with Crippen molar-refractivity contribution in [1.29, 1.82) is 0 Å². The van der Waals surface area contributed by atoms with E-state index in [-0.39, 0.29) is 17.6 Å². The van der Waals surface area contributed by atoms with Gasteiger partial charge in [0.2, 0.25) is 0 Å². The van der Waals surface area contributed by atoms with E-state index in [0.29, 0.717) is 29.2 Å². The summed E-state index contributed by atoms with van der Waals surface area (Å²) in [6, 6.07) is 16.0. The fourth-order valence-electron chi connectivity index (χ4n) is 3.01. The first kappa shape index (κ1) is 16.0. The summed E-state index contributed by atoms with van der Waals surface area (Å²) in [6.45, 7) is 0.510. The molecule has 0 saturated carbocycles. The van der Waals surface area contributed by atoms with E-state index in [1.807, 2.05) is 24.3 Å². The summed E-state index contributed by atoms with van der Waals surface area (Å²) in [7, 11) is 1.52. The minimum atomic E-state index is -0.370. The SMILES string of the molecule is COc1cc(N2Cc3ccccc3C2=O)ccc1NC(=O)c1ccco1. The van der Waals surface area contributed by atoms with Crippen molar-refractivity contribution in [3.8, 4) is 5.75 Å². The van der Waals surface area contributed by atoms with Gasteiger partial charge in [-0.2, -0.15) is 0 Å². The van der Waals surface area contributed by atoms with E-state index >= 15 is 0 Å². The largest absolute Gasteiger partial charge is 0.494 e. The fourth-order valence-corrected chi connectivity index (χ4v) is 3.01. The van der Waals surface area contributed by atoms with Crippen molar-refractivity contribution in [1.82, 2.24) is 0 Å². The number of hydrogen-bond donors (Lipinski definition) is 1. The van der Waals surface area contributed by atoms with Crippen LogP contribution in [0.4, 0.5) is 11.4 Å². The number of anilines is 2. The fraction of sp³-hybridized carbons (Fsp3) is 0.100. The highest BCUT2D eigenvalue weighted by molar-refractivity contribution is 6.10. The van der Waals surface area contributed by atoms with E-state index in [4.69, 9.17) is 9.15 Å². The Morgan fingerprint density at radius 1 is 1.15 bits per heavy atom. The molecule has 130 valence electrons. The van der Waals surface area contributed by atoms with Gasteiger partial charge >= 0.3 is 0 Å². The Balaban J connectivity index is 1.60. The molecule has 6 heteroatoms. The molecule has 0 aliphatic carbocycles. The van der Waals surface area contributed by atoms with Gasteiger partial charge in [-0.05, 0) is 35.9 Å². The Morgan fingerprint density at radius 2 is 2.00 bits per heavy atom. The van der Waals surface area contributed by atoms with Crippen LogP contribution in [0.5, 0.6) is 5.75 Å². The van der Waals surface area contributed by atoms with Gasteiger partial charge in [0, 0.05) is 17.3 Å². The zero-order valence-corrected chi connectivity index (χ0v) is 14.1. The molecule has 1 aliphatic rings. The summed E-state index contributed by atoms with van der Waals surface area (Å²) < 4.78 is 10.5. The maximum atomic E-state index is 12.6. The standard InChI is InChI=1S/C20H16N2O4/c1-25-18-11-14(22-12-13-5-2-3-6-15(13)20(22)24)8-9-16(18)21-19(23)17-7-4-10-26-17/h2-11H,12H2,1H3,(H,21,23). The molecule has 0 saturated heterocycles. The van der Waals surface area contributed by atoms with Crippen molar-refractivity contribution < 1.29 is 18.7 Å². The van der Waals surface area contributed by atoms with E-state index < -0.39 is 0 Å². The Kier molecular flexibility index (Phi) is 3.93. The normalized spacial score (nSPS) is 12.8. The molecule has 2 heterocycles. The molecule has 0 unspecified atom stereocenters. The topological polar surface area (TPSA) is 71.8 Å². The summed E-state index contributed by atoms with van der Waals surface area (Å²) in [5.74, 6) is 0.258. The van der Waals surface area contributed by atoms with Crippen LogP contribution < -0.4 is 15.0 Å². The maximum absolute atomic E-state index is 12.6. The first-order chi connectivity index (χ1) is 12.7. The lowest BCUT2D eigenvalue weighted by Gasteiger charge is -2.18. The second-order valence-electron chi connectivity index (χ2n) is 5.86. The van der Waals surface area contributed by atoms with E-state index in [2.05, 4.69) is 5.32 Å². The van der Waals surface area contributed by atoms with Crippen LogP contribution in [0.15, 0.2) is 65.3 Å². The van der Waals surface area contributed by atoms with Gasteiger partial charge in [0.05, 0.1) is 25.6 Å². The average Bonchev–Trinajstić information content (AvgIpc) is 3.31. The summed E-state index contributed by atoms with van der Waals surface area (Å²) in [6.07, 6.45) is 1.44. The number of ether oxygens (including phenoxy) is 1. The van der Waals surface area contributed by atoms with Crippen LogP contribution in [-0.2, 0) is 6.54 Å². The van der Waals surface area contributed by atoms with Crippen LogP contribution in [0, 0.1) is 0 Å². The van der Waals surface area contributed by atoms with Crippen LogP contribution in [0.25, 0.3) is 0 Å². The quantitative estimate of drug-likeness (QED) is 0.780. The average molecular weight is 348 g/mol. The molecule has 6 nitrogen and oxygen atoms in total. The van der Waals surface area contributed by atoms with Crippen molar-refractivity contribution >= 4 is 23.2 Å². The number of furan rings is 1. The van der Waals surface area contributed by atoms with Crippen molar-refractivity contribution in [3.05, 3.63) is 77.7 Å². The molecule has 0 atom stereocenters. The van der Waals surface area contributed by atoms with Gasteiger partial charge in [-0.3, -0.25) is 9.59 Å². The first-order valence-corrected chi connectivity index (χ1v) is 8.10. The van der Waals surface area contributed by atoms with Crippen molar-refractivity contribution in [2.24, 2.45) is 0 Å². The van der Waals surface area contributed by atoms with Crippen molar-refractivity contribution in [2.45, 2.75) is 6.54 Å². The number of benzene rings is 2. The molecular formula is C20H16N2O4. The molecule has 1 aromatic heterocycles. The van der Waals surface area contributed by atoms with Crippen LogP contribution in [0.2, 0.25) is 0 Å². The van der Waals surface area contributed by atoms with Crippen molar-refractivity contribution in [3.63, 3.8) is 0 Å². The number of fused-ring (bicyclic) bond motifs is 1. The highest BCUT2D eigenvalue weighted by atomic mass is 16.5. The Labute approximate surface area is 150 Å². The van der Waals surface area contributed by atoms with E-state index in [1.54, 1.807) is 35.2 Å². The lowest BCUT2D eigenvalue weighted by atomic mass is 10.1. The van der Waals surface area contributed by atoms with Crippen LogP contribution >= 0.6 is 0 Å². The van der Waals surface area contributed by atoms with Gasteiger partial charge in [-0.15, -0.1) is 0 Å². The van der Waals surface area contributed by atoms with Gasteiger partial charge in [0.1, 0.15) is 5.75 Å². The number of amides is 2. The van der Waals surface area contributed by atoms with Gasteiger partial charge in [-0.25, -0.2) is 0 Å². The van der Waals surface area contributed by atoms with Crippen molar-refractivity contribution in [2.75, 3.05) is 17.3 Å². The van der Waals surface area contributed by atoms with Gasteiger partial charge in [0.15, 0.2) is 5.76 Å². The molecule has 26 heavy (non-hydrogen) atoms. The Morgan fingerprint density at radius 3 is 2.73 bits per heavy atom. The first-order valence-electron chi connectivity index (χ1n) is 8.10. The van der Waals surface area contributed by atoms with Gasteiger partial charge in [0.25, 0.3) is 11.8 Å². The molecule has 0 bridgehead atoms. The lowest BCUT2D eigenvalue weighted by Crippen LogP contribution is -2.23. The molecule has 0 fully saturated rings. The Hall–Kier alpha value is -3.54. The molecule has 0 spiro atoms. The van der Waals surface area contributed by atoms with Crippen LogP contribution in [0.1, 0.15) is 26.5 Å². The summed E-state index contributed by atoms with van der Waals surface area (Å²) in [4.78, 5) is 26.5. The highest BCUT2D eigenvalue weighted by Crippen LogP contribution is 2.34. The van der Waals surface area contributed by atoms with E-state index in [0.717, 1.165) is 5.56 Å². The molecular weight excluding hydrogens is 332 g/mol. The van der Waals surface area contributed by atoms with Gasteiger partial charge in [-0.1, -0.05) is 18.2 Å². The van der Waals surface area contributed by atoms with Gasteiger partial charge < -0.3 is 19.4 Å². The minimum Gasteiger partial charge on any atom is -0.494 e. The number of nitrogens with zero attached hydrogens (tertiary/aromatic N) is 1. The lowest BCUT2D eigenvalue weighted by molar-refractivity contribution is 0.0988. The number of methoxy groups -OCH3 is 1. The minimum absolute atomic E-state index is 0.0463. The molecule has 1 aliphatic heterocycles. The zero-order valence-electron chi connectivity index (χ0n) is 14.1. The molecule has 1 N–H and O–H groups in total. The van der Waals surface area contributed by atoms with E-state index in [1.165, 1.54) is 13.4 Å². The molecule has 2 amide bonds. The smallest absolute Gasteiger partial charge is 0.291 e. The maximum Gasteiger partial charge on any atom is 0.291 e. The second kappa shape index (κ2) is 6.40. The number of carbonyl (C=O) groups excluding carboxylic acids is 2. The van der Waals surface area contributed by atoms with E-state index in [9.17, 15) is 9.59 Å². The highest BCUT2D eigenvalue weighted by Gasteiger charge is 2.28. The third kappa shape index (κ3) is 2.71. The summed E-state index contributed by atoms with van der Waals surface area (Å²) in [5.41, 5.74) is 2.91. The van der Waals surface area contributed by atoms with Crippen LogP contribution in [-0.4, -0.2) is 18.9 Å². The molecule has 0 radical (unpaired) electrons. The third-order valence-corrected chi connectivity index (χ3v) is 4.31. The number of rotatable bonds is 4. The monoisotopic (exact) mass is 348 g/mol. The number of carbonyl (C=O) groups is 2. The van der Waals surface area contributed by atoms with Crippen LogP contribution in [0.3, 0.4) is 0 Å². The summed E-state index contributed by atoms with van der Waals surface area (Å²) in [5, 5.41) is 2.75. The number of hydrogen-bond acceptors (Lipinski definition) is 4. The molecule has 3 aromatic rings. The number of nitrogens with one attached hydrogen (secondary N) is 1. The summed E-state index contributed by atoms with van der Waals surface area (Å²) >= 11 is 0. The second-order valence-corrected chi connectivity index (χ2v) is 5.86. The predicted octanol–water partition coefficient (Wildman–Crippen LogP) is 3.70. The molecule has 4 rings (SSSR count). The predicted molar refractivity (Wildman–Crippen MR) is 96.6 cm³/mol. The zero-order chi connectivity index (χ0) is 18.1. The Bertz CT molecular complexity index is 979. The molecule has 2 aromatic carbocycles.